The summed E-state index contributed by atoms with van der Waals surface area (Å²) >= 11 is 0. The highest BCUT2D eigenvalue weighted by Crippen LogP contribution is 2.42. The first kappa shape index (κ1) is 12.0. The van der Waals surface area contributed by atoms with Crippen molar-refractivity contribution in [2.45, 2.75) is 25.4 Å². The highest BCUT2D eigenvalue weighted by Gasteiger charge is 2.45. The maximum Gasteiger partial charge on any atom is 0.413 e. The van der Waals surface area contributed by atoms with Crippen LogP contribution in [0.4, 0.5) is 10.6 Å². The summed E-state index contributed by atoms with van der Waals surface area (Å²) in [6.45, 7) is 2.75. The van der Waals surface area contributed by atoms with Gasteiger partial charge in [-0.1, -0.05) is 0 Å². The number of piperidine rings is 1. The molecule has 0 aromatic carbocycles. The van der Waals surface area contributed by atoms with Crippen molar-refractivity contribution in [2.75, 3.05) is 18.4 Å². The van der Waals surface area contributed by atoms with E-state index in [2.05, 4.69) is 10.3 Å². The number of hydrogen-bond donors (Lipinski definition) is 1. The second kappa shape index (κ2) is 4.22. The summed E-state index contributed by atoms with van der Waals surface area (Å²) in [6, 6.07) is 3.75. The van der Waals surface area contributed by atoms with Crippen molar-refractivity contribution < 1.29 is 14.3 Å². The number of nitrogens with one attached hydrogen (secondary N) is 1. The number of carbonyl (C=O) groups is 2. The minimum atomic E-state index is -0.641. The lowest BCUT2D eigenvalue weighted by atomic mass is 9.83. The second-order valence-electron chi connectivity index (χ2n) is 4.91. The van der Waals surface area contributed by atoms with Gasteiger partial charge < -0.3 is 9.64 Å². The van der Waals surface area contributed by atoms with Crippen LogP contribution in [0.5, 0.6) is 0 Å². The molecular weight excluding hydrogens is 246 g/mol. The molecule has 0 aliphatic carbocycles. The first-order valence-corrected chi connectivity index (χ1v) is 6.32. The fraction of sp³-hybridized carbons (Fsp3) is 0.462. The van der Waals surface area contributed by atoms with E-state index in [0.717, 1.165) is 5.56 Å². The second-order valence-corrected chi connectivity index (χ2v) is 4.91. The van der Waals surface area contributed by atoms with Crippen molar-refractivity contribution in [3.8, 4) is 0 Å². The van der Waals surface area contributed by atoms with Crippen molar-refractivity contribution >= 4 is 17.8 Å². The molecular formula is C13H15N3O3. The van der Waals surface area contributed by atoms with E-state index in [1.54, 1.807) is 18.0 Å². The summed E-state index contributed by atoms with van der Waals surface area (Å²) in [4.78, 5) is 29.0. The molecule has 0 saturated carbocycles. The highest BCUT2D eigenvalue weighted by molar-refractivity contribution is 5.87. The Labute approximate surface area is 110 Å². The fourth-order valence-corrected chi connectivity index (χ4v) is 2.78. The molecule has 6 nitrogen and oxygen atoms in total. The molecule has 0 radical (unpaired) electrons. The van der Waals surface area contributed by atoms with Gasteiger partial charge in [-0.15, -0.1) is 0 Å². The van der Waals surface area contributed by atoms with Crippen LogP contribution in [0.3, 0.4) is 0 Å². The van der Waals surface area contributed by atoms with Crippen molar-refractivity contribution in [1.29, 1.82) is 0 Å². The van der Waals surface area contributed by atoms with Crippen LogP contribution in [-0.2, 0) is 15.1 Å². The van der Waals surface area contributed by atoms with Gasteiger partial charge in [-0.05, 0) is 12.1 Å². The third-order valence-electron chi connectivity index (χ3n) is 3.82. The van der Waals surface area contributed by atoms with Gasteiger partial charge >= 0.3 is 6.09 Å². The predicted molar refractivity (Wildman–Crippen MR) is 67.5 cm³/mol. The predicted octanol–water partition coefficient (Wildman–Crippen LogP) is 1.48. The van der Waals surface area contributed by atoms with Gasteiger partial charge in [0, 0.05) is 44.6 Å². The Bertz CT molecular complexity index is 536. The van der Waals surface area contributed by atoms with E-state index in [1.165, 1.54) is 0 Å². The number of nitrogens with zero attached hydrogens (tertiary/aromatic N) is 2. The fourth-order valence-electron chi connectivity index (χ4n) is 2.78. The van der Waals surface area contributed by atoms with Crippen LogP contribution in [0.2, 0.25) is 0 Å². The molecule has 1 spiro atoms. The van der Waals surface area contributed by atoms with E-state index in [9.17, 15) is 9.59 Å². The van der Waals surface area contributed by atoms with Crippen LogP contribution in [0.25, 0.3) is 0 Å². The largest absolute Gasteiger partial charge is 0.437 e. The van der Waals surface area contributed by atoms with Crippen LogP contribution in [0.1, 0.15) is 25.3 Å². The van der Waals surface area contributed by atoms with Crippen LogP contribution in [-0.4, -0.2) is 35.0 Å². The van der Waals surface area contributed by atoms with Crippen LogP contribution in [0, 0.1) is 0 Å². The lowest BCUT2D eigenvalue weighted by Gasteiger charge is -2.43. The molecule has 6 heteroatoms. The zero-order valence-corrected chi connectivity index (χ0v) is 10.7. The molecule has 1 aromatic heterocycles. The van der Waals surface area contributed by atoms with Gasteiger partial charge in [-0.25, -0.2) is 9.78 Å². The van der Waals surface area contributed by atoms with Crippen LogP contribution >= 0.6 is 0 Å². The minimum Gasteiger partial charge on any atom is -0.437 e. The van der Waals surface area contributed by atoms with Crippen molar-refractivity contribution in [3.63, 3.8) is 0 Å². The maximum absolute atomic E-state index is 11.7. The molecule has 3 rings (SSSR count). The number of aromatic nitrogens is 1. The van der Waals surface area contributed by atoms with Crippen LogP contribution in [0.15, 0.2) is 18.3 Å². The lowest BCUT2D eigenvalue weighted by Crippen LogP contribution is -2.49. The summed E-state index contributed by atoms with van der Waals surface area (Å²) in [6.07, 6.45) is 2.39. The molecule has 1 aromatic rings. The van der Waals surface area contributed by atoms with Gasteiger partial charge in [0.25, 0.3) is 0 Å². The highest BCUT2D eigenvalue weighted by atomic mass is 16.6. The number of likely N-dealkylation sites (tertiary alicyclic amines) is 1. The summed E-state index contributed by atoms with van der Waals surface area (Å²) < 4.78 is 5.54. The number of pyridine rings is 1. The molecule has 2 amide bonds. The summed E-state index contributed by atoms with van der Waals surface area (Å²) in [5.41, 5.74) is 0.260. The molecule has 100 valence electrons. The summed E-state index contributed by atoms with van der Waals surface area (Å²) in [5.74, 6) is 0.622. The van der Waals surface area contributed by atoms with Gasteiger partial charge in [-0.3, -0.25) is 10.1 Å². The first-order valence-electron chi connectivity index (χ1n) is 6.32. The van der Waals surface area contributed by atoms with Gasteiger partial charge in [0.15, 0.2) is 0 Å². The quantitative estimate of drug-likeness (QED) is 0.768. The number of ether oxygens (including phenoxy) is 1. The van der Waals surface area contributed by atoms with Crippen molar-refractivity contribution in [3.05, 3.63) is 23.9 Å². The smallest absolute Gasteiger partial charge is 0.413 e. The van der Waals surface area contributed by atoms with E-state index in [-0.39, 0.29) is 5.91 Å². The SMILES string of the molecule is CC(=O)N1CCC2(CC1)OC(=O)Nc1ncccc12. The average Bonchev–Trinajstić information content (AvgIpc) is 2.39. The Kier molecular flexibility index (Phi) is 2.66. The Morgan fingerprint density at radius 1 is 1.47 bits per heavy atom. The van der Waals surface area contributed by atoms with Gasteiger partial charge in [0.05, 0.1) is 0 Å². The zero-order chi connectivity index (χ0) is 13.5. The van der Waals surface area contributed by atoms with Crippen LogP contribution < -0.4 is 5.32 Å². The van der Waals surface area contributed by atoms with E-state index < -0.39 is 11.7 Å². The third-order valence-corrected chi connectivity index (χ3v) is 3.82. The Balaban J connectivity index is 1.93. The standard InChI is InChI=1S/C13H15N3O3/c1-9(17)16-7-4-13(5-8-16)10-3-2-6-14-11(10)15-12(18)19-13/h2-3,6H,4-5,7-8H2,1H3,(H,14,15,18). The minimum absolute atomic E-state index is 0.0570. The number of amides is 2. The van der Waals surface area contributed by atoms with Crippen molar-refractivity contribution in [2.24, 2.45) is 0 Å². The monoisotopic (exact) mass is 261 g/mol. The Hall–Kier alpha value is -2.11. The van der Waals surface area contributed by atoms with E-state index in [4.69, 9.17) is 4.74 Å². The molecule has 1 fully saturated rings. The zero-order valence-electron chi connectivity index (χ0n) is 10.7. The number of rotatable bonds is 0. The summed E-state index contributed by atoms with van der Waals surface area (Å²) in [5, 5.41) is 2.61. The molecule has 0 bridgehead atoms. The van der Waals surface area contributed by atoms with Gasteiger partial charge in [0.1, 0.15) is 11.4 Å². The van der Waals surface area contributed by atoms with Gasteiger partial charge in [-0.2, -0.15) is 0 Å². The van der Waals surface area contributed by atoms with E-state index in [0.29, 0.717) is 31.7 Å². The number of fused-ring (bicyclic) bond motifs is 2. The van der Waals surface area contributed by atoms with E-state index in [1.807, 2.05) is 12.1 Å². The molecule has 0 atom stereocenters. The topological polar surface area (TPSA) is 71.5 Å². The lowest BCUT2D eigenvalue weighted by molar-refractivity contribution is -0.133. The Morgan fingerprint density at radius 3 is 2.89 bits per heavy atom. The number of carbonyl (C=O) groups excluding carboxylic acids is 2. The molecule has 1 saturated heterocycles. The average molecular weight is 261 g/mol. The van der Waals surface area contributed by atoms with Crippen molar-refractivity contribution in [1.82, 2.24) is 9.88 Å². The molecule has 0 unspecified atom stereocenters. The maximum atomic E-state index is 11.7. The molecule has 2 aliphatic rings. The molecule has 2 aliphatic heterocycles. The number of anilines is 1. The summed E-state index contributed by atoms with van der Waals surface area (Å²) in [7, 11) is 0. The van der Waals surface area contributed by atoms with E-state index >= 15 is 0 Å². The normalized spacial score (nSPS) is 20.5. The third kappa shape index (κ3) is 1.93. The molecule has 3 heterocycles. The Morgan fingerprint density at radius 2 is 2.21 bits per heavy atom. The van der Waals surface area contributed by atoms with Gasteiger partial charge in [0.2, 0.25) is 5.91 Å². The number of hydrogen-bond acceptors (Lipinski definition) is 4. The molecule has 19 heavy (non-hydrogen) atoms. The molecule has 1 N–H and O–H groups in total. The first-order chi connectivity index (χ1) is 9.11.